The molecule has 0 N–H and O–H groups in total. The van der Waals surface area contributed by atoms with Crippen molar-refractivity contribution >= 4 is 32.6 Å². The summed E-state index contributed by atoms with van der Waals surface area (Å²) in [4.78, 5) is 0. The molecule has 43 heavy (non-hydrogen) atoms. The summed E-state index contributed by atoms with van der Waals surface area (Å²) in [5, 5.41) is 5.22. The molecule has 1 aliphatic carbocycles. The topological polar surface area (TPSA) is 4.93 Å². The Morgan fingerprint density at radius 1 is 0.349 bits per heavy atom. The molecule has 0 aliphatic heterocycles. The van der Waals surface area contributed by atoms with Gasteiger partial charge in [-0.2, -0.15) is 0 Å². The minimum atomic E-state index is 1.18. The first-order valence-corrected chi connectivity index (χ1v) is 15.2. The molecule has 1 heteroatoms. The number of benzene rings is 7. The molecule has 204 valence electrons. The van der Waals surface area contributed by atoms with Crippen molar-refractivity contribution in [2.24, 2.45) is 0 Å². The number of fused-ring (bicyclic) bond motifs is 6. The standard InChI is InChI=1S/C40H25N.C2H6/c1-2-11-27(12-3-1)41-38-20-9-8-17-33(38)34-22-21-26(25-39(34)41)28-13-4-5-14-29(28)32-23-24-37-31-16-7-6-15-30(31)35-18-10-19-36(32)40(35)37;1-2/h1-25H;1-2H3. The zero-order valence-corrected chi connectivity index (χ0v) is 24.4. The van der Waals surface area contributed by atoms with Crippen molar-refractivity contribution in [3.05, 3.63) is 152 Å². The van der Waals surface area contributed by atoms with Crippen LogP contribution in [0.25, 0.3) is 82.8 Å². The first-order chi connectivity index (χ1) is 21.4. The van der Waals surface area contributed by atoms with Crippen LogP contribution in [0.15, 0.2) is 152 Å². The molecule has 0 amide bonds. The fourth-order valence-corrected chi connectivity index (χ4v) is 7.01. The summed E-state index contributed by atoms with van der Waals surface area (Å²) in [6, 6.07) is 55.4. The van der Waals surface area contributed by atoms with Crippen LogP contribution in [0.4, 0.5) is 0 Å². The molecule has 1 aromatic heterocycles. The van der Waals surface area contributed by atoms with Crippen molar-refractivity contribution in [1.82, 2.24) is 4.57 Å². The Morgan fingerprint density at radius 2 is 0.884 bits per heavy atom. The summed E-state index contributed by atoms with van der Waals surface area (Å²) in [6.45, 7) is 4.00. The lowest BCUT2D eigenvalue weighted by atomic mass is 9.89. The maximum absolute atomic E-state index is 2.40. The molecule has 0 fully saturated rings. The molecule has 9 rings (SSSR count). The molecule has 8 aromatic rings. The van der Waals surface area contributed by atoms with E-state index in [0.29, 0.717) is 0 Å². The highest BCUT2D eigenvalue weighted by Gasteiger charge is 2.23. The monoisotopic (exact) mass is 549 g/mol. The highest BCUT2D eigenvalue weighted by Crippen LogP contribution is 2.50. The van der Waals surface area contributed by atoms with Crippen LogP contribution in [0.3, 0.4) is 0 Å². The maximum Gasteiger partial charge on any atom is 0.0547 e. The van der Waals surface area contributed by atoms with Gasteiger partial charge in [0.15, 0.2) is 0 Å². The van der Waals surface area contributed by atoms with Gasteiger partial charge < -0.3 is 4.57 Å². The lowest BCUT2D eigenvalue weighted by Gasteiger charge is -2.15. The third-order valence-electron chi connectivity index (χ3n) is 8.76. The van der Waals surface area contributed by atoms with E-state index in [9.17, 15) is 0 Å². The normalized spacial score (nSPS) is 11.5. The Balaban J connectivity index is 0.00000136. The molecule has 0 saturated heterocycles. The van der Waals surface area contributed by atoms with Gasteiger partial charge >= 0.3 is 0 Å². The molecule has 1 nitrogen and oxygen atoms in total. The van der Waals surface area contributed by atoms with Crippen molar-refractivity contribution in [2.75, 3.05) is 0 Å². The lowest BCUT2D eigenvalue weighted by molar-refractivity contribution is 1.18. The number of para-hydroxylation sites is 2. The van der Waals surface area contributed by atoms with E-state index in [2.05, 4.69) is 156 Å². The van der Waals surface area contributed by atoms with E-state index in [1.165, 1.54) is 82.8 Å². The van der Waals surface area contributed by atoms with Gasteiger partial charge in [0.25, 0.3) is 0 Å². The molecule has 0 unspecified atom stereocenters. The van der Waals surface area contributed by atoms with E-state index in [4.69, 9.17) is 0 Å². The first-order valence-electron chi connectivity index (χ1n) is 15.2. The molecule has 7 aromatic carbocycles. The van der Waals surface area contributed by atoms with Gasteiger partial charge in [0, 0.05) is 16.5 Å². The van der Waals surface area contributed by atoms with E-state index < -0.39 is 0 Å². The van der Waals surface area contributed by atoms with Crippen molar-refractivity contribution < 1.29 is 0 Å². The zero-order valence-electron chi connectivity index (χ0n) is 24.4. The van der Waals surface area contributed by atoms with Gasteiger partial charge in [-0.25, -0.2) is 0 Å². The highest BCUT2D eigenvalue weighted by molar-refractivity contribution is 6.19. The predicted octanol–water partition coefficient (Wildman–Crippen LogP) is 11.9. The van der Waals surface area contributed by atoms with Crippen LogP contribution in [0.5, 0.6) is 0 Å². The zero-order chi connectivity index (χ0) is 28.9. The second-order valence-electron chi connectivity index (χ2n) is 10.9. The van der Waals surface area contributed by atoms with Crippen molar-refractivity contribution in [1.29, 1.82) is 0 Å². The summed E-state index contributed by atoms with van der Waals surface area (Å²) in [5.74, 6) is 0. The Bertz CT molecular complexity index is 2270. The van der Waals surface area contributed by atoms with Gasteiger partial charge in [0.1, 0.15) is 0 Å². The van der Waals surface area contributed by atoms with E-state index in [1.807, 2.05) is 13.8 Å². The second kappa shape index (κ2) is 10.2. The van der Waals surface area contributed by atoms with Crippen LogP contribution in [-0.2, 0) is 0 Å². The average Bonchev–Trinajstić information content (AvgIpc) is 3.60. The second-order valence-corrected chi connectivity index (χ2v) is 10.9. The van der Waals surface area contributed by atoms with Crippen molar-refractivity contribution in [2.45, 2.75) is 13.8 Å². The van der Waals surface area contributed by atoms with Gasteiger partial charge in [0.05, 0.1) is 11.0 Å². The van der Waals surface area contributed by atoms with Crippen LogP contribution in [0, 0.1) is 0 Å². The highest BCUT2D eigenvalue weighted by atomic mass is 15.0. The Kier molecular flexibility index (Phi) is 5.98. The summed E-state index contributed by atoms with van der Waals surface area (Å²) in [5.41, 5.74) is 14.0. The van der Waals surface area contributed by atoms with E-state index in [1.54, 1.807) is 0 Å². The van der Waals surface area contributed by atoms with Crippen LogP contribution in [-0.4, -0.2) is 4.57 Å². The molecule has 1 aliphatic rings. The minimum absolute atomic E-state index is 1.18. The van der Waals surface area contributed by atoms with E-state index in [-0.39, 0.29) is 0 Å². The maximum atomic E-state index is 2.40. The summed E-state index contributed by atoms with van der Waals surface area (Å²) < 4.78 is 2.40. The largest absolute Gasteiger partial charge is 0.309 e. The van der Waals surface area contributed by atoms with Gasteiger partial charge in [-0.1, -0.05) is 141 Å². The number of rotatable bonds is 3. The Labute approximate surface area is 252 Å². The SMILES string of the molecule is CC.c1ccc(-n2c3ccccc3c3ccc(-c4ccccc4-c4ccc5c6c(cccc46)-c4ccccc4-5)cc32)cc1. The van der Waals surface area contributed by atoms with Crippen LogP contribution >= 0.6 is 0 Å². The smallest absolute Gasteiger partial charge is 0.0547 e. The van der Waals surface area contributed by atoms with Gasteiger partial charge in [-0.05, 0) is 79.5 Å². The molecule has 0 spiro atoms. The van der Waals surface area contributed by atoms with Crippen LogP contribution in [0.1, 0.15) is 13.8 Å². The number of aromatic nitrogens is 1. The lowest BCUT2D eigenvalue weighted by Crippen LogP contribution is -1.93. The van der Waals surface area contributed by atoms with Gasteiger partial charge in [-0.3, -0.25) is 0 Å². The molecule has 0 saturated carbocycles. The summed E-state index contributed by atoms with van der Waals surface area (Å²) >= 11 is 0. The van der Waals surface area contributed by atoms with Crippen molar-refractivity contribution in [3.8, 4) is 50.2 Å². The number of hydrogen-bond donors (Lipinski definition) is 0. The van der Waals surface area contributed by atoms with Crippen LogP contribution < -0.4 is 0 Å². The third-order valence-corrected chi connectivity index (χ3v) is 8.76. The quantitative estimate of drug-likeness (QED) is 0.207. The minimum Gasteiger partial charge on any atom is -0.309 e. The summed E-state index contributed by atoms with van der Waals surface area (Å²) in [7, 11) is 0. The molecule has 0 bridgehead atoms. The Hall–Kier alpha value is -5.40. The molecule has 0 atom stereocenters. The predicted molar refractivity (Wildman–Crippen MR) is 185 cm³/mol. The fourth-order valence-electron chi connectivity index (χ4n) is 7.01. The van der Waals surface area contributed by atoms with Gasteiger partial charge in [0.2, 0.25) is 0 Å². The average molecular weight is 550 g/mol. The number of hydrogen-bond acceptors (Lipinski definition) is 0. The van der Waals surface area contributed by atoms with Crippen molar-refractivity contribution in [3.63, 3.8) is 0 Å². The summed E-state index contributed by atoms with van der Waals surface area (Å²) in [6.07, 6.45) is 0. The first kappa shape index (κ1) is 25.3. The number of nitrogens with zero attached hydrogens (tertiary/aromatic N) is 1. The molecular formula is C42H31N. The fraction of sp³-hybridized carbons (Fsp3) is 0.0476. The van der Waals surface area contributed by atoms with E-state index in [0.717, 1.165) is 0 Å². The molecular weight excluding hydrogens is 518 g/mol. The molecule has 1 heterocycles. The van der Waals surface area contributed by atoms with Crippen LogP contribution in [0.2, 0.25) is 0 Å². The Morgan fingerprint density at radius 3 is 1.65 bits per heavy atom. The third kappa shape index (κ3) is 3.78. The van der Waals surface area contributed by atoms with E-state index >= 15 is 0 Å². The van der Waals surface area contributed by atoms with Gasteiger partial charge in [-0.15, -0.1) is 0 Å². The molecule has 0 radical (unpaired) electrons.